The molecular formula is C26H30N4O5S. The normalized spacial score (nSPS) is 14.4. The fraction of sp³-hybridized carbons (Fsp3) is 0.346. The second-order valence-electron chi connectivity index (χ2n) is 8.51. The molecule has 0 radical (unpaired) electrons. The van der Waals surface area contributed by atoms with E-state index in [0.29, 0.717) is 31.0 Å². The second kappa shape index (κ2) is 11.5. The summed E-state index contributed by atoms with van der Waals surface area (Å²) in [4.78, 5) is 29.6. The van der Waals surface area contributed by atoms with Gasteiger partial charge in [-0.05, 0) is 68.3 Å². The third-order valence-corrected chi connectivity index (χ3v) is 7.96. The van der Waals surface area contributed by atoms with Crippen LogP contribution in [-0.4, -0.2) is 54.4 Å². The van der Waals surface area contributed by atoms with Crippen LogP contribution in [0.25, 0.3) is 11.3 Å². The van der Waals surface area contributed by atoms with E-state index in [1.807, 2.05) is 31.2 Å². The Morgan fingerprint density at radius 2 is 1.72 bits per heavy atom. The van der Waals surface area contributed by atoms with Crippen LogP contribution in [0.5, 0.6) is 5.75 Å². The van der Waals surface area contributed by atoms with E-state index in [4.69, 9.17) is 4.74 Å². The van der Waals surface area contributed by atoms with Crippen molar-refractivity contribution in [1.29, 1.82) is 0 Å². The van der Waals surface area contributed by atoms with Gasteiger partial charge in [0.2, 0.25) is 10.0 Å². The smallest absolute Gasteiger partial charge is 0.253 e. The van der Waals surface area contributed by atoms with Gasteiger partial charge in [-0.1, -0.05) is 6.42 Å². The van der Waals surface area contributed by atoms with Crippen molar-refractivity contribution in [2.75, 3.05) is 26.2 Å². The Hall–Kier alpha value is -3.50. The van der Waals surface area contributed by atoms with Crippen LogP contribution in [0.4, 0.5) is 0 Å². The second-order valence-corrected chi connectivity index (χ2v) is 10.4. The first-order valence-corrected chi connectivity index (χ1v) is 13.5. The van der Waals surface area contributed by atoms with Crippen molar-refractivity contribution in [2.24, 2.45) is 0 Å². The summed E-state index contributed by atoms with van der Waals surface area (Å²) in [5.41, 5.74) is 1.49. The number of sulfonamides is 1. The molecule has 2 heterocycles. The Morgan fingerprint density at radius 3 is 2.36 bits per heavy atom. The van der Waals surface area contributed by atoms with Gasteiger partial charge in [0.25, 0.3) is 11.5 Å². The third kappa shape index (κ3) is 6.00. The Balaban J connectivity index is 1.32. The molecule has 1 N–H and O–H groups in total. The van der Waals surface area contributed by atoms with Crippen LogP contribution in [0.2, 0.25) is 0 Å². The maximum absolute atomic E-state index is 12.8. The van der Waals surface area contributed by atoms with Crippen LogP contribution >= 0.6 is 0 Å². The fourth-order valence-electron chi connectivity index (χ4n) is 4.06. The van der Waals surface area contributed by atoms with E-state index in [-0.39, 0.29) is 29.5 Å². The number of rotatable bonds is 9. The number of amides is 1. The zero-order chi connectivity index (χ0) is 25.5. The zero-order valence-electron chi connectivity index (χ0n) is 20.2. The van der Waals surface area contributed by atoms with E-state index < -0.39 is 10.0 Å². The molecular weight excluding hydrogens is 480 g/mol. The van der Waals surface area contributed by atoms with Crippen LogP contribution in [-0.2, 0) is 16.6 Å². The number of piperidine rings is 1. The lowest BCUT2D eigenvalue weighted by Crippen LogP contribution is -2.35. The number of carbonyl (C=O) groups excluding carboxylic acids is 1. The predicted molar refractivity (Wildman–Crippen MR) is 136 cm³/mol. The van der Waals surface area contributed by atoms with Gasteiger partial charge in [-0.15, -0.1) is 0 Å². The van der Waals surface area contributed by atoms with Gasteiger partial charge < -0.3 is 10.1 Å². The number of aromatic nitrogens is 2. The van der Waals surface area contributed by atoms with Gasteiger partial charge in [-0.3, -0.25) is 14.2 Å². The average Bonchev–Trinajstić information content (AvgIpc) is 2.91. The highest BCUT2D eigenvalue weighted by Crippen LogP contribution is 2.21. The Bertz CT molecular complexity index is 1350. The molecule has 0 saturated carbocycles. The van der Waals surface area contributed by atoms with Crippen molar-refractivity contribution in [3.05, 3.63) is 76.8 Å². The maximum Gasteiger partial charge on any atom is 0.253 e. The molecule has 36 heavy (non-hydrogen) atoms. The number of nitrogens with zero attached hydrogens (tertiary/aromatic N) is 3. The molecule has 10 heteroatoms. The van der Waals surface area contributed by atoms with Crippen molar-refractivity contribution < 1.29 is 17.9 Å². The molecule has 0 spiro atoms. The van der Waals surface area contributed by atoms with E-state index in [1.165, 1.54) is 45.5 Å². The molecule has 190 valence electrons. The topological polar surface area (TPSA) is 111 Å². The van der Waals surface area contributed by atoms with Crippen molar-refractivity contribution in [1.82, 2.24) is 19.2 Å². The molecule has 1 amide bonds. The molecule has 0 unspecified atom stereocenters. The van der Waals surface area contributed by atoms with Crippen LogP contribution in [0, 0.1) is 0 Å². The van der Waals surface area contributed by atoms with Crippen molar-refractivity contribution in [3.63, 3.8) is 0 Å². The largest absolute Gasteiger partial charge is 0.494 e. The van der Waals surface area contributed by atoms with Crippen molar-refractivity contribution in [2.45, 2.75) is 37.6 Å². The summed E-state index contributed by atoms with van der Waals surface area (Å²) in [5.74, 6) is 0.410. The molecule has 2 aromatic carbocycles. The summed E-state index contributed by atoms with van der Waals surface area (Å²) >= 11 is 0. The summed E-state index contributed by atoms with van der Waals surface area (Å²) in [6, 6.07) is 14.8. The van der Waals surface area contributed by atoms with Gasteiger partial charge in [0.15, 0.2) is 0 Å². The molecule has 1 aliphatic heterocycles. The molecule has 9 nitrogen and oxygen atoms in total. The molecule has 1 aliphatic rings. The van der Waals surface area contributed by atoms with Crippen molar-refractivity contribution in [3.8, 4) is 17.0 Å². The number of ether oxygens (including phenoxy) is 1. The third-order valence-electron chi connectivity index (χ3n) is 6.05. The van der Waals surface area contributed by atoms with Gasteiger partial charge in [0, 0.05) is 43.4 Å². The standard InChI is InChI=1S/C26H30N4O5S/c1-2-35-22-10-6-20(7-11-22)24-18-25(31)29(19-28-24)17-14-27-26(32)21-8-12-23(13-9-21)36(33,34)30-15-4-3-5-16-30/h6-13,18-19H,2-5,14-17H2,1H3,(H,27,32). The molecule has 3 aromatic rings. The minimum atomic E-state index is -3.54. The minimum Gasteiger partial charge on any atom is -0.494 e. The number of hydrogen-bond acceptors (Lipinski definition) is 6. The van der Waals surface area contributed by atoms with Gasteiger partial charge in [-0.25, -0.2) is 13.4 Å². The van der Waals surface area contributed by atoms with Crippen LogP contribution in [0.3, 0.4) is 0 Å². The Labute approximate surface area is 210 Å². The first-order valence-electron chi connectivity index (χ1n) is 12.1. The lowest BCUT2D eigenvalue weighted by Gasteiger charge is -2.25. The average molecular weight is 511 g/mol. The summed E-state index contributed by atoms with van der Waals surface area (Å²) in [6.45, 7) is 4.02. The first kappa shape index (κ1) is 25.6. The lowest BCUT2D eigenvalue weighted by atomic mass is 10.1. The number of carbonyl (C=O) groups is 1. The van der Waals surface area contributed by atoms with E-state index in [2.05, 4.69) is 10.3 Å². The molecule has 0 bridgehead atoms. The number of nitrogens with one attached hydrogen (secondary N) is 1. The Morgan fingerprint density at radius 1 is 1.03 bits per heavy atom. The molecule has 1 fully saturated rings. The van der Waals surface area contributed by atoms with E-state index in [9.17, 15) is 18.0 Å². The molecule has 1 saturated heterocycles. The van der Waals surface area contributed by atoms with Crippen LogP contribution in [0.15, 0.2) is 70.6 Å². The molecule has 0 aliphatic carbocycles. The van der Waals surface area contributed by atoms with Crippen LogP contribution in [0.1, 0.15) is 36.5 Å². The van der Waals surface area contributed by atoms with Crippen LogP contribution < -0.4 is 15.6 Å². The maximum atomic E-state index is 12.8. The highest BCUT2D eigenvalue weighted by atomic mass is 32.2. The summed E-state index contributed by atoms with van der Waals surface area (Å²) in [5, 5.41) is 2.76. The lowest BCUT2D eigenvalue weighted by molar-refractivity contribution is 0.0952. The predicted octanol–water partition coefficient (Wildman–Crippen LogP) is 2.91. The van der Waals surface area contributed by atoms with Gasteiger partial charge >= 0.3 is 0 Å². The van der Waals surface area contributed by atoms with Crippen molar-refractivity contribution >= 4 is 15.9 Å². The first-order chi connectivity index (χ1) is 17.4. The fourth-order valence-corrected chi connectivity index (χ4v) is 5.58. The van der Waals surface area contributed by atoms with Gasteiger partial charge in [0.1, 0.15) is 5.75 Å². The quantitative estimate of drug-likeness (QED) is 0.474. The summed E-state index contributed by atoms with van der Waals surface area (Å²) < 4.78 is 33.9. The zero-order valence-corrected chi connectivity index (χ0v) is 21.0. The SMILES string of the molecule is CCOc1ccc(-c2cc(=O)n(CCNC(=O)c3ccc(S(=O)(=O)N4CCCCC4)cc3)cn2)cc1. The Kier molecular flexibility index (Phi) is 8.17. The monoisotopic (exact) mass is 510 g/mol. The molecule has 4 rings (SSSR count). The van der Waals surface area contributed by atoms with Gasteiger partial charge in [0.05, 0.1) is 23.5 Å². The number of hydrogen-bond donors (Lipinski definition) is 1. The van der Waals surface area contributed by atoms with E-state index in [1.54, 1.807) is 0 Å². The van der Waals surface area contributed by atoms with E-state index in [0.717, 1.165) is 30.6 Å². The molecule has 0 atom stereocenters. The molecule has 1 aromatic heterocycles. The highest BCUT2D eigenvalue weighted by molar-refractivity contribution is 7.89. The minimum absolute atomic E-state index is 0.186. The summed E-state index contributed by atoms with van der Waals surface area (Å²) in [7, 11) is -3.54. The summed E-state index contributed by atoms with van der Waals surface area (Å²) in [6.07, 6.45) is 4.23. The van der Waals surface area contributed by atoms with Gasteiger partial charge in [-0.2, -0.15) is 4.31 Å². The highest BCUT2D eigenvalue weighted by Gasteiger charge is 2.25. The van der Waals surface area contributed by atoms with E-state index >= 15 is 0 Å². The number of benzene rings is 2.